The van der Waals surface area contributed by atoms with Crippen LogP contribution in [-0.2, 0) is 0 Å². The molecule has 2 atom stereocenters. The van der Waals surface area contributed by atoms with Gasteiger partial charge in [0.15, 0.2) is 0 Å². The van der Waals surface area contributed by atoms with Crippen LogP contribution < -0.4 is 5.32 Å². The van der Waals surface area contributed by atoms with Gasteiger partial charge in [-0.1, -0.05) is 54.8 Å². The van der Waals surface area contributed by atoms with Gasteiger partial charge in [-0.15, -0.1) is 0 Å². The minimum absolute atomic E-state index is 0.343. The van der Waals surface area contributed by atoms with Crippen molar-refractivity contribution in [3.8, 4) is 0 Å². The van der Waals surface area contributed by atoms with Crippen molar-refractivity contribution in [3.05, 3.63) is 34.3 Å². The number of hydrogen-bond acceptors (Lipinski definition) is 2. The smallest absolute Gasteiger partial charge is 0.0914 e. The van der Waals surface area contributed by atoms with Crippen molar-refractivity contribution in [1.82, 2.24) is 5.32 Å². The Hall–Kier alpha value is -0.380. The average Bonchev–Trinajstić information content (AvgIpc) is 2.36. The molecule has 1 aliphatic carbocycles. The zero-order valence-electron chi connectivity index (χ0n) is 11.8. The first-order chi connectivity index (χ1) is 8.99. The minimum atomic E-state index is -0.435. The minimum Gasteiger partial charge on any atom is -0.387 e. The van der Waals surface area contributed by atoms with Crippen LogP contribution in [0.4, 0.5) is 0 Å². The molecule has 0 spiro atoms. The summed E-state index contributed by atoms with van der Waals surface area (Å²) in [6.45, 7) is 5.29. The van der Waals surface area contributed by atoms with Gasteiger partial charge in [-0.3, -0.25) is 0 Å². The molecule has 19 heavy (non-hydrogen) atoms. The highest BCUT2D eigenvalue weighted by atomic mass is 79.9. The molecule has 2 unspecified atom stereocenters. The van der Waals surface area contributed by atoms with Crippen molar-refractivity contribution in [2.45, 2.75) is 51.7 Å². The maximum atomic E-state index is 10.3. The molecule has 0 aromatic heterocycles. The summed E-state index contributed by atoms with van der Waals surface area (Å²) in [6.07, 6.45) is 4.69. The van der Waals surface area contributed by atoms with E-state index >= 15 is 0 Å². The highest BCUT2D eigenvalue weighted by molar-refractivity contribution is 9.10. The second-order valence-electron chi connectivity index (χ2n) is 6.27. The van der Waals surface area contributed by atoms with Crippen LogP contribution in [0, 0.1) is 5.41 Å². The van der Waals surface area contributed by atoms with Crippen molar-refractivity contribution >= 4 is 15.9 Å². The summed E-state index contributed by atoms with van der Waals surface area (Å²) in [7, 11) is 0. The lowest BCUT2D eigenvalue weighted by Crippen LogP contribution is -2.45. The topological polar surface area (TPSA) is 32.3 Å². The lowest BCUT2D eigenvalue weighted by Gasteiger charge is -2.39. The number of aliphatic hydroxyl groups is 1. The molecule has 2 N–H and O–H groups in total. The normalized spacial score (nSPS) is 24.1. The molecule has 1 aromatic rings. The zero-order valence-corrected chi connectivity index (χ0v) is 13.4. The third-order valence-corrected chi connectivity index (χ3v) is 4.79. The van der Waals surface area contributed by atoms with E-state index in [4.69, 9.17) is 0 Å². The van der Waals surface area contributed by atoms with Gasteiger partial charge in [0.2, 0.25) is 0 Å². The van der Waals surface area contributed by atoms with E-state index in [1.165, 1.54) is 25.7 Å². The van der Waals surface area contributed by atoms with E-state index < -0.39 is 6.10 Å². The van der Waals surface area contributed by atoms with Gasteiger partial charge in [-0.05, 0) is 36.0 Å². The van der Waals surface area contributed by atoms with E-state index in [2.05, 4.69) is 35.1 Å². The van der Waals surface area contributed by atoms with Gasteiger partial charge >= 0.3 is 0 Å². The van der Waals surface area contributed by atoms with Crippen molar-refractivity contribution in [3.63, 3.8) is 0 Å². The van der Waals surface area contributed by atoms with E-state index in [-0.39, 0.29) is 0 Å². The summed E-state index contributed by atoms with van der Waals surface area (Å²) >= 11 is 3.44. The molecule has 0 bridgehead atoms. The number of halogens is 1. The number of benzene rings is 1. The Balaban J connectivity index is 1.91. The van der Waals surface area contributed by atoms with Gasteiger partial charge in [-0.25, -0.2) is 0 Å². The third-order valence-electron chi connectivity index (χ3n) is 4.30. The maximum absolute atomic E-state index is 10.3. The van der Waals surface area contributed by atoms with E-state index in [9.17, 15) is 5.11 Å². The fraction of sp³-hybridized carbons (Fsp3) is 0.625. The molecule has 0 radical (unpaired) electrons. The lowest BCUT2D eigenvalue weighted by atomic mass is 9.73. The lowest BCUT2D eigenvalue weighted by molar-refractivity contribution is 0.127. The molecule has 106 valence electrons. The highest BCUT2D eigenvalue weighted by Gasteiger charge is 2.31. The third kappa shape index (κ3) is 4.04. The second-order valence-corrected chi connectivity index (χ2v) is 7.18. The number of rotatable bonds is 4. The first-order valence-electron chi connectivity index (χ1n) is 7.16. The molecule has 1 fully saturated rings. The number of nitrogens with one attached hydrogen (secondary N) is 1. The summed E-state index contributed by atoms with van der Waals surface area (Å²) in [5.41, 5.74) is 1.31. The van der Waals surface area contributed by atoms with Gasteiger partial charge in [0.25, 0.3) is 0 Å². The van der Waals surface area contributed by atoms with Crippen LogP contribution >= 0.6 is 15.9 Å². The predicted molar refractivity (Wildman–Crippen MR) is 83.1 cm³/mol. The Labute approximate surface area is 124 Å². The van der Waals surface area contributed by atoms with Crippen LogP contribution in [0.25, 0.3) is 0 Å². The van der Waals surface area contributed by atoms with Crippen LogP contribution in [0.2, 0.25) is 0 Å². The Bertz CT molecular complexity index is 419. The SMILES string of the molecule is CC1(C)CCCCC1NCC(O)c1cccc(Br)c1. The summed E-state index contributed by atoms with van der Waals surface area (Å²) in [5, 5.41) is 13.8. The summed E-state index contributed by atoms with van der Waals surface area (Å²) in [5.74, 6) is 0. The fourth-order valence-corrected chi connectivity index (χ4v) is 3.37. The molecule has 3 heteroatoms. The molecule has 0 amide bonds. The van der Waals surface area contributed by atoms with E-state index in [0.29, 0.717) is 18.0 Å². The van der Waals surface area contributed by atoms with Crippen LogP contribution in [0.3, 0.4) is 0 Å². The first-order valence-corrected chi connectivity index (χ1v) is 7.95. The van der Waals surface area contributed by atoms with Gasteiger partial charge in [0, 0.05) is 17.1 Å². The van der Waals surface area contributed by atoms with E-state index in [1.807, 2.05) is 24.3 Å². The average molecular weight is 326 g/mol. The molecule has 1 saturated carbocycles. The van der Waals surface area contributed by atoms with Crippen molar-refractivity contribution < 1.29 is 5.11 Å². The number of hydrogen-bond donors (Lipinski definition) is 2. The van der Waals surface area contributed by atoms with Crippen LogP contribution in [-0.4, -0.2) is 17.7 Å². The largest absolute Gasteiger partial charge is 0.387 e. The van der Waals surface area contributed by atoms with Gasteiger partial charge < -0.3 is 10.4 Å². The quantitative estimate of drug-likeness (QED) is 0.875. The molecule has 0 heterocycles. The fourth-order valence-electron chi connectivity index (χ4n) is 2.96. The van der Waals surface area contributed by atoms with E-state index in [0.717, 1.165) is 10.0 Å². The highest BCUT2D eigenvalue weighted by Crippen LogP contribution is 2.35. The van der Waals surface area contributed by atoms with Crippen molar-refractivity contribution in [2.24, 2.45) is 5.41 Å². The van der Waals surface area contributed by atoms with Gasteiger partial charge in [0.05, 0.1) is 6.10 Å². The Morgan fingerprint density at radius 2 is 2.21 bits per heavy atom. The maximum Gasteiger partial charge on any atom is 0.0914 e. The summed E-state index contributed by atoms with van der Waals surface area (Å²) in [6, 6.07) is 8.42. The summed E-state index contributed by atoms with van der Waals surface area (Å²) in [4.78, 5) is 0. The van der Waals surface area contributed by atoms with Crippen LogP contribution in [0.5, 0.6) is 0 Å². The van der Waals surface area contributed by atoms with Crippen LogP contribution in [0.1, 0.15) is 51.2 Å². The monoisotopic (exact) mass is 325 g/mol. The zero-order chi connectivity index (χ0) is 13.9. The van der Waals surface area contributed by atoms with Crippen LogP contribution in [0.15, 0.2) is 28.7 Å². The molecular weight excluding hydrogens is 302 g/mol. The van der Waals surface area contributed by atoms with Crippen molar-refractivity contribution in [2.75, 3.05) is 6.54 Å². The van der Waals surface area contributed by atoms with E-state index in [1.54, 1.807) is 0 Å². The second kappa shape index (κ2) is 6.38. The Kier molecular flexibility index (Phi) is 5.04. The summed E-state index contributed by atoms with van der Waals surface area (Å²) < 4.78 is 1.02. The standard InChI is InChI=1S/C16H24BrNO/c1-16(2)9-4-3-8-15(16)18-11-14(19)12-6-5-7-13(17)10-12/h5-7,10,14-15,18-19H,3-4,8-9,11H2,1-2H3. The molecular formula is C16H24BrNO. The van der Waals surface area contributed by atoms with Gasteiger partial charge in [0.1, 0.15) is 0 Å². The predicted octanol–water partition coefficient (Wildman–Crippen LogP) is 4.04. The van der Waals surface area contributed by atoms with Gasteiger partial charge in [-0.2, -0.15) is 0 Å². The van der Waals surface area contributed by atoms with Crippen molar-refractivity contribution in [1.29, 1.82) is 0 Å². The Morgan fingerprint density at radius 1 is 1.42 bits per heavy atom. The molecule has 2 rings (SSSR count). The molecule has 0 aliphatic heterocycles. The number of aliphatic hydroxyl groups excluding tert-OH is 1. The Morgan fingerprint density at radius 3 is 2.89 bits per heavy atom. The molecule has 1 aliphatic rings. The molecule has 2 nitrogen and oxygen atoms in total. The molecule has 0 saturated heterocycles. The molecule has 1 aromatic carbocycles. The first kappa shape index (κ1) is 15.0.